The quantitative estimate of drug-likeness (QED) is 0.722. The Labute approximate surface area is 171 Å². The minimum Gasteiger partial charge on any atom is -0.456 e. The molecule has 1 aromatic carbocycles. The molecule has 0 saturated heterocycles. The number of carbonyl (C=O) groups excluding carboxylic acids is 1. The maximum absolute atomic E-state index is 12.5. The molecule has 1 unspecified atom stereocenters. The molecule has 3 N–H and O–H groups in total. The van der Waals surface area contributed by atoms with Crippen LogP contribution in [0.5, 0.6) is 11.5 Å². The standard InChI is InChI=1S/C18H22ClN3O2.2ClH/c1-12(2)18(3,11-20)22-17(23)13-4-5-16(15(19)10-13)24-14-6-8-21-9-7-14;;/h4-10,12H,11,20H2,1-3H3,(H,22,23);2*1H. The van der Waals surface area contributed by atoms with E-state index >= 15 is 0 Å². The normalized spacial score (nSPS) is 12.4. The van der Waals surface area contributed by atoms with Crippen LogP contribution < -0.4 is 15.8 Å². The number of ether oxygens (including phenoxy) is 1. The Kier molecular flexibility index (Phi) is 9.96. The zero-order valence-electron chi connectivity index (χ0n) is 14.9. The summed E-state index contributed by atoms with van der Waals surface area (Å²) in [6.07, 6.45) is 3.26. The molecule has 0 spiro atoms. The first-order valence-corrected chi connectivity index (χ1v) is 8.13. The van der Waals surface area contributed by atoms with E-state index in [1.165, 1.54) is 0 Å². The van der Waals surface area contributed by atoms with E-state index in [2.05, 4.69) is 10.3 Å². The summed E-state index contributed by atoms with van der Waals surface area (Å²) >= 11 is 6.25. The summed E-state index contributed by atoms with van der Waals surface area (Å²) in [4.78, 5) is 16.4. The fraction of sp³-hybridized carbons (Fsp3) is 0.333. The fourth-order valence-corrected chi connectivity index (χ4v) is 2.24. The van der Waals surface area contributed by atoms with Gasteiger partial charge in [0.15, 0.2) is 0 Å². The van der Waals surface area contributed by atoms with Crippen molar-refractivity contribution in [3.05, 3.63) is 53.3 Å². The second kappa shape index (κ2) is 10.6. The van der Waals surface area contributed by atoms with Crippen LogP contribution in [-0.4, -0.2) is 23.0 Å². The third kappa shape index (κ3) is 6.02. The lowest BCUT2D eigenvalue weighted by molar-refractivity contribution is 0.0883. The van der Waals surface area contributed by atoms with Crippen molar-refractivity contribution in [3.63, 3.8) is 0 Å². The Morgan fingerprint density at radius 2 is 1.88 bits per heavy atom. The summed E-state index contributed by atoms with van der Waals surface area (Å²) in [5.74, 6) is 1.09. The Balaban J connectivity index is 0.00000312. The SMILES string of the molecule is CC(C)C(C)(CN)NC(=O)c1ccc(Oc2ccncc2)c(Cl)c1.Cl.Cl. The van der Waals surface area contributed by atoms with Gasteiger partial charge in [0.1, 0.15) is 11.5 Å². The van der Waals surface area contributed by atoms with Crippen LogP contribution in [0, 0.1) is 5.92 Å². The Bertz CT molecular complexity index is 714. The number of nitrogens with zero attached hydrogens (tertiary/aromatic N) is 1. The van der Waals surface area contributed by atoms with Gasteiger partial charge < -0.3 is 15.8 Å². The van der Waals surface area contributed by atoms with Crippen LogP contribution in [0.3, 0.4) is 0 Å². The number of rotatable bonds is 6. The molecule has 2 rings (SSSR count). The summed E-state index contributed by atoms with van der Waals surface area (Å²) in [6.45, 7) is 6.32. The highest BCUT2D eigenvalue weighted by atomic mass is 35.5. The van der Waals surface area contributed by atoms with Crippen molar-refractivity contribution in [2.24, 2.45) is 11.7 Å². The summed E-state index contributed by atoms with van der Waals surface area (Å²) in [5, 5.41) is 3.34. The first kappa shape index (κ1) is 24.5. The fourth-order valence-electron chi connectivity index (χ4n) is 2.02. The van der Waals surface area contributed by atoms with Gasteiger partial charge in [0.25, 0.3) is 5.91 Å². The monoisotopic (exact) mass is 419 g/mol. The lowest BCUT2D eigenvalue weighted by Gasteiger charge is -2.33. The van der Waals surface area contributed by atoms with Crippen LogP contribution in [0.1, 0.15) is 31.1 Å². The topological polar surface area (TPSA) is 77.2 Å². The third-order valence-electron chi connectivity index (χ3n) is 4.17. The second-order valence-corrected chi connectivity index (χ2v) is 6.57. The molecular formula is C18H24Cl3N3O2. The molecule has 0 aliphatic rings. The lowest BCUT2D eigenvalue weighted by atomic mass is 9.88. The van der Waals surface area contributed by atoms with Crippen molar-refractivity contribution in [1.29, 1.82) is 0 Å². The molecule has 1 aromatic heterocycles. The van der Waals surface area contributed by atoms with Crippen molar-refractivity contribution in [1.82, 2.24) is 10.3 Å². The summed E-state index contributed by atoms with van der Waals surface area (Å²) in [6, 6.07) is 8.39. The van der Waals surface area contributed by atoms with Crippen molar-refractivity contribution < 1.29 is 9.53 Å². The van der Waals surface area contributed by atoms with Crippen LogP contribution in [0.2, 0.25) is 5.02 Å². The van der Waals surface area contributed by atoms with Crippen LogP contribution in [-0.2, 0) is 0 Å². The van der Waals surface area contributed by atoms with E-state index in [1.54, 1.807) is 42.7 Å². The molecule has 26 heavy (non-hydrogen) atoms. The molecule has 0 aliphatic heterocycles. The van der Waals surface area contributed by atoms with E-state index < -0.39 is 5.54 Å². The van der Waals surface area contributed by atoms with E-state index in [0.29, 0.717) is 28.6 Å². The number of halogens is 3. The number of benzene rings is 1. The predicted octanol–water partition coefficient (Wildman–Crippen LogP) is 4.47. The molecule has 144 valence electrons. The highest BCUT2D eigenvalue weighted by Crippen LogP contribution is 2.30. The smallest absolute Gasteiger partial charge is 0.251 e. The second-order valence-electron chi connectivity index (χ2n) is 6.16. The third-order valence-corrected chi connectivity index (χ3v) is 4.46. The van der Waals surface area contributed by atoms with E-state index in [0.717, 1.165) is 0 Å². The van der Waals surface area contributed by atoms with Crippen LogP contribution in [0.25, 0.3) is 0 Å². The van der Waals surface area contributed by atoms with Gasteiger partial charge >= 0.3 is 0 Å². The highest BCUT2D eigenvalue weighted by molar-refractivity contribution is 6.32. The van der Waals surface area contributed by atoms with E-state index in [-0.39, 0.29) is 36.6 Å². The van der Waals surface area contributed by atoms with Gasteiger partial charge in [0, 0.05) is 24.5 Å². The number of aromatic nitrogens is 1. The molecule has 8 heteroatoms. The first-order chi connectivity index (χ1) is 11.4. The molecule has 0 fully saturated rings. The van der Waals surface area contributed by atoms with Crippen molar-refractivity contribution in [3.8, 4) is 11.5 Å². The van der Waals surface area contributed by atoms with Crippen LogP contribution in [0.15, 0.2) is 42.7 Å². The van der Waals surface area contributed by atoms with Crippen LogP contribution >= 0.6 is 36.4 Å². The van der Waals surface area contributed by atoms with Gasteiger partial charge in [-0.3, -0.25) is 9.78 Å². The van der Waals surface area contributed by atoms with E-state index in [9.17, 15) is 4.79 Å². The summed E-state index contributed by atoms with van der Waals surface area (Å²) in [5.41, 5.74) is 5.79. The molecule has 1 atom stereocenters. The zero-order valence-corrected chi connectivity index (χ0v) is 17.3. The van der Waals surface area contributed by atoms with Gasteiger partial charge in [-0.2, -0.15) is 0 Å². The van der Waals surface area contributed by atoms with Crippen molar-refractivity contribution >= 4 is 42.3 Å². The Morgan fingerprint density at radius 1 is 1.27 bits per heavy atom. The molecule has 0 saturated carbocycles. The number of nitrogens with two attached hydrogens (primary N) is 1. The Hall–Kier alpha value is -1.53. The average molecular weight is 421 g/mol. The minimum absolute atomic E-state index is 0. The van der Waals surface area contributed by atoms with E-state index in [4.69, 9.17) is 22.1 Å². The van der Waals surface area contributed by atoms with Gasteiger partial charge in [-0.15, -0.1) is 24.8 Å². The average Bonchev–Trinajstić information content (AvgIpc) is 2.57. The summed E-state index contributed by atoms with van der Waals surface area (Å²) < 4.78 is 5.68. The van der Waals surface area contributed by atoms with E-state index in [1.807, 2.05) is 20.8 Å². The molecule has 1 amide bonds. The number of carbonyl (C=O) groups is 1. The van der Waals surface area contributed by atoms with Gasteiger partial charge in [-0.05, 0) is 43.2 Å². The number of nitrogens with one attached hydrogen (secondary N) is 1. The minimum atomic E-state index is -0.476. The number of hydrogen-bond acceptors (Lipinski definition) is 4. The molecule has 2 aromatic rings. The number of pyridine rings is 1. The molecule has 5 nitrogen and oxygen atoms in total. The lowest BCUT2D eigenvalue weighted by Crippen LogP contribution is -2.55. The largest absolute Gasteiger partial charge is 0.456 e. The number of hydrogen-bond donors (Lipinski definition) is 2. The molecule has 0 aliphatic carbocycles. The van der Waals surface area contributed by atoms with Gasteiger partial charge in [0.2, 0.25) is 0 Å². The van der Waals surface area contributed by atoms with Crippen molar-refractivity contribution in [2.45, 2.75) is 26.3 Å². The van der Waals surface area contributed by atoms with Crippen LogP contribution in [0.4, 0.5) is 0 Å². The maximum atomic E-state index is 12.5. The van der Waals surface area contributed by atoms with Gasteiger partial charge in [0.05, 0.1) is 10.6 Å². The molecule has 0 radical (unpaired) electrons. The first-order valence-electron chi connectivity index (χ1n) is 7.75. The van der Waals surface area contributed by atoms with Gasteiger partial charge in [-0.1, -0.05) is 25.4 Å². The number of amides is 1. The molecule has 0 bridgehead atoms. The molecule has 1 heterocycles. The predicted molar refractivity (Wildman–Crippen MR) is 110 cm³/mol. The maximum Gasteiger partial charge on any atom is 0.251 e. The zero-order chi connectivity index (χ0) is 17.7. The highest BCUT2D eigenvalue weighted by Gasteiger charge is 2.29. The molecular weight excluding hydrogens is 397 g/mol. The Morgan fingerprint density at radius 3 is 2.38 bits per heavy atom. The van der Waals surface area contributed by atoms with Crippen molar-refractivity contribution in [2.75, 3.05) is 6.54 Å². The summed E-state index contributed by atoms with van der Waals surface area (Å²) in [7, 11) is 0. The van der Waals surface area contributed by atoms with Gasteiger partial charge in [-0.25, -0.2) is 0 Å².